The molecule has 0 atom stereocenters. The SMILES string of the molecule is Cc1ccc(S(=O)(=O)Nc2ccc3c(c2)N(C(=O)c2cccs2)CC3)cc1C. The molecule has 144 valence electrons. The Morgan fingerprint density at radius 3 is 2.61 bits per heavy atom. The van der Waals surface area contributed by atoms with Crippen LogP contribution >= 0.6 is 11.3 Å². The van der Waals surface area contributed by atoms with E-state index in [-0.39, 0.29) is 10.8 Å². The van der Waals surface area contributed by atoms with Crippen molar-refractivity contribution in [2.45, 2.75) is 25.2 Å². The van der Waals surface area contributed by atoms with E-state index in [1.165, 1.54) is 11.3 Å². The van der Waals surface area contributed by atoms with Crippen LogP contribution in [0.1, 0.15) is 26.4 Å². The number of fused-ring (bicyclic) bond motifs is 1. The Morgan fingerprint density at radius 2 is 1.89 bits per heavy atom. The normalized spacial score (nSPS) is 13.4. The number of anilines is 2. The number of hydrogen-bond acceptors (Lipinski definition) is 4. The minimum Gasteiger partial charge on any atom is -0.307 e. The van der Waals surface area contributed by atoms with E-state index in [0.717, 1.165) is 28.8 Å². The summed E-state index contributed by atoms with van der Waals surface area (Å²) in [5.41, 5.74) is 4.21. The molecule has 1 N–H and O–H groups in total. The van der Waals surface area contributed by atoms with Crippen molar-refractivity contribution in [3.05, 3.63) is 75.5 Å². The Balaban J connectivity index is 1.63. The van der Waals surface area contributed by atoms with E-state index in [2.05, 4.69) is 4.72 Å². The summed E-state index contributed by atoms with van der Waals surface area (Å²) in [4.78, 5) is 15.4. The van der Waals surface area contributed by atoms with Crippen molar-refractivity contribution in [3.8, 4) is 0 Å². The smallest absolute Gasteiger partial charge is 0.268 e. The summed E-state index contributed by atoms with van der Waals surface area (Å²) in [5, 5.41) is 1.87. The van der Waals surface area contributed by atoms with Crippen LogP contribution in [0.2, 0.25) is 0 Å². The van der Waals surface area contributed by atoms with Gasteiger partial charge >= 0.3 is 0 Å². The van der Waals surface area contributed by atoms with Gasteiger partial charge < -0.3 is 4.90 Å². The number of carbonyl (C=O) groups is 1. The van der Waals surface area contributed by atoms with Crippen molar-refractivity contribution in [2.24, 2.45) is 0 Å². The zero-order valence-electron chi connectivity index (χ0n) is 15.6. The average molecular weight is 413 g/mol. The van der Waals surface area contributed by atoms with E-state index in [9.17, 15) is 13.2 Å². The first-order valence-corrected chi connectivity index (χ1v) is 11.3. The van der Waals surface area contributed by atoms with Gasteiger partial charge in [0.05, 0.1) is 15.5 Å². The van der Waals surface area contributed by atoms with Crippen LogP contribution in [0.5, 0.6) is 0 Å². The molecule has 0 saturated heterocycles. The number of benzene rings is 2. The van der Waals surface area contributed by atoms with Gasteiger partial charge in [-0.15, -0.1) is 11.3 Å². The summed E-state index contributed by atoms with van der Waals surface area (Å²) in [6.07, 6.45) is 0.761. The molecule has 0 spiro atoms. The van der Waals surface area contributed by atoms with Crippen molar-refractivity contribution in [2.75, 3.05) is 16.2 Å². The number of carbonyl (C=O) groups excluding carboxylic acids is 1. The van der Waals surface area contributed by atoms with Crippen LogP contribution in [0.15, 0.2) is 58.8 Å². The fourth-order valence-corrected chi connectivity index (χ4v) is 5.09. The van der Waals surface area contributed by atoms with Crippen molar-refractivity contribution in [1.29, 1.82) is 0 Å². The number of hydrogen-bond donors (Lipinski definition) is 1. The zero-order valence-corrected chi connectivity index (χ0v) is 17.2. The Labute approximate surface area is 168 Å². The Bertz CT molecular complexity index is 1150. The van der Waals surface area contributed by atoms with E-state index >= 15 is 0 Å². The summed E-state index contributed by atoms with van der Waals surface area (Å²) in [6.45, 7) is 4.43. The molecule has 28 heavy (non-hydrogen) atoms. The van der Waals surface area contributed by atoms with Gasteiger partial charge in [-0.05, 0) is 72.7 Å². The molecular weight excluding hydrogens is 392 g/mol. The molecule has 3 aromatic rings. The van der Waals surface area contributed by atoms with Crippen LogP contribution in [-0.4, -0.2) is 20.9 Å². The van der Waals surface area contributed by atoms with Gasteiger partial charge in [0.2, 0.25) is 0 Å². The van der Waals surface area contributed by atoms with E-state index in [4.69, 9.17) is 0 Å². The second-order valence-corrected chi connectivity index (χ2v) is 9.51. The van der Waals surface area contributed by atoms with Crippen LogP contribution in [-0.2, 0) is 16.4 Å². The number of aryl methyl sites for hydroxylation is 2. The lowest BCUT2D eigenvalue weighted by atomic mass is 10.1. The highest BCUT2D eigenvalue weighted by atomic mass is 32.2. The highest BCUT2D eigenvalue weighted by Crippen LogP contribution is 2.33. The standard InChI is InChI=1S/C21H20N2O3S2/c1-14-5-8-18(12-15(14)2)28(25,26)22-17-7-6-16-9-10-23(19(16)13-17)21(24)20-4-3-11-27-20/h3-8,11-13,22H,9-10H2,1-2H3. The first-order chi connectivity index (χ1) is 13.3. The first kappa shape index (κ1) is 18.7. The molecule has 2 aromatic carbocycles. The Morgan fingerprint density at radius 1 is 1.07 bits per heavy atom. The van der Waals surface area contributed by atoms with E-state index < -0.39 is 10.0 Å². The molecule has 0 bridgehead atoms. The predicted molar refractivity (Wildman–Crippen MR) is 113 cm³/mol. The van der Waals surface area contributed by atoms with Gasteiger partial charge in [0.25, 0.3) is 15.9 Å². The Kier molecular flexibility index (Phi) is 4.72. The number of thiophene rings is 1. The number of amides is 1. The molecule has 5 nitrogen and oxygen atoms in total. The van der Waals surface area contributed by atoms with Crippen LogP contribution in [0.3, 0.4) is 0 Å². The molecule has 7 heteroatoms. The number of sulfonamides is 1. The number of nitrogens with zero attached hydrogens (tertiary/aromatic N) is 1. The lowest BCUT2D eigenvalue weighted by molar-refractivity contribution is 0.0993. The molecule has 0 radical (unpaired) electrons. The van der Waals surface area contributed by atoms with Gasteiger partial charge in [0.1, 0.15) is 0 Å². The zero-order chi connectivity index (χ0) is 19.9. The van der Waals surface area contributed by atoms with Crippen LogP contribution < -0.4 is 9.62 Å². The predicted octanol–water partition coefficient (Wildman–Crippen LogP) is 4.37. The van der Waals surface area contributed by atoms with Gasteiger partial charge in [0.15, 0.2) is 0 Å². The summed E-state index contributed by atoms with van der Waals surface area (Å²) in [7, 11) is -3.70. The molecule has 0 fully saturated rings. The molecule has 1 aliphatic heterocycles. The summed E-state index contributed by atoms with van der Waals surface area (Å²) in [5.74, 6) is -0.0529. The van der Waals surface area contributed by atoms with Crippen molar-refractivity contribution >= 4 is 38.6 Å². The third-order valence-electron chi connectivity index (χ3n) is 5.00. The minimum atomic E-state index is -3.70. The Hall–Kier alpha value is -2.64. The van der Waals surface area contributed by atoms with Crippen molar-refractivity contribution in [3.63, 3.8) is 0 Å². The van der Waals surface area contributed by atoms with Crippen molar-refractivity contribution in [1.82, 2.24) is 0 Å². The van der Waals surface area contributed by atoms with Crippen molar-refractivity contribution < 1.29 is 13.2 Å². The average Bonchev–Trinajstić information content (AvgIpc) is 3.32. The largest absolute Gasteiger partial charge is 0.307 e. The van der Waals surface area contributed by atoms with E-state index in [1.54, 1.807) is 41.3 Å². The van der Waals surface area contributed by atoms with Crippen LogP contribution in [0, 0.1) is 13.8 Å². The topological polar surface area (TPSA) is 66.5 Å². The molecule has 0 unspecified atom stereocenters. The quantitative estimate of drug-likeness (QED) is 0.692. The number of nitrogens with one attached hydrogen (secondary N) is 1. The van der Waals surface area contributed by atoms with E-state index in [1.807, 2.05) is 31.4 Å². The van der Waals surface area contributed by atoms with Gasteiger partial charge in [-0.1, -0.05) is 18.2 Å². The van der Waals surface area contributed by atoms with Gasteiger partial charge in [-0.3, -0.25) is 9.52 Å². The molecule has 0 saturated carbocycles. The van der Waals surface area contributed by atoms with E-state index in [0.29, 0.717) is 17.1 Å². The van der Waals surface area contributed by atoms with Gasteiger partial charge in [-0.2, -0.15) is 0 Å². The highest BCUT2D eigenvalue weighted by Gasteiger charge is 2.27. The molecule has 1 amide bonds. The maximum absolute atomic E-state index is 12.8. The lowest BCUT2D eigenvalue weighted by Crippen LogP contribution is -2.28. The summed E-state index contributed by atoms with van der Waals surface area (Å²) < 4.78 is 28.2. The maximum atomic E-state index is 12.8. The molecule has 1 aromatic heterocycles. The molecule has 2 heterocycles. The summed E-state index contributed by atoms with van der Waals surface area (Å²) in [6, 6.07) is 14.1. The third-order valence-corrected chi connectivity index (χ3v) is 7.24. The molecule has 4 rings (SSSR count). The van der Waals surface area contributed by atoms with Crippen LogP contribution in [0.25, 0.3) is 0 Å². The summed E-state index contributed by atoms with van der Waals surface area (Å²) >= 11 is 1.40. The fourth-order valence-electron chi connectivity index (χ4n) is 3.28. The second kappa shape index (κ2) is 7.07. The fraction of sp³-hybridized carbons (Fsp3) is 0.190. The van der Waals surface area contributed by atoms with Crippen LogP contribution in [0.4, 0.5) is 11.4 Å². The number of rotatable bonds is 4. The molecule has 0 aliphatic carbocycles. The second-order valence-electron chi connectivity index (χ2n) is 6.88. The lowest BCUT2D eigenvalue weighted by Gasteiger charge is -2.17. The monoisotopic (exact) mass is 412 g/mol. The molecule has 1 aliphatic rings. The van der Waals surface area contributed by atoms with Gasteiger partial charge in [0, 0.05) is 12.2 Å². The maximum Gasteiger partial charge on any atom is 0.268 e. The minimum absolute atomic E-state index is 0.0529. The highest BCUT2D eigenvalue weighted by molar-refractivity contribution is 7.92. The molecular formula is C21H20N2O3S2. The third kappa shape index (κ3) is 3.43. The first-order valence-electron chi connectivity index (χ1n) is 8.93. The van der Waals surface area contributed by atoms with Gasteiger partial charge in [-0.25, -0.2) is 8.42 Å².